The van der Waals surface area contributed by atoms with Gasteiger partial charge < -0.3 is 24.3 Å². The number of hydrogen-bond donors (Lipinski definition) is 1. The molecule has 178 valence electrons. The van der Waals surface area contributed by atoms with Gasteiger partial charge in [-0.2, -0.15) is 0 Å². The number of fused-ring (bicyclic) bond motifs is 1. The van der Waals surface area contributed by atoms with Crippen molar-refractivity contribution in [1.82, 2.24) is 9.88 Å². The first-order valence-corrected chi connectivity index (χ1v) is 11.7. The van der Waals surface area contributed by atoms with Crippen LogP contribution in [0.5, 0.6) is 0 Å². The highest BCUT2D eigenvalue weighted by molar-refractivity contribution is 5.94. The topological polar surface area (TPSA) is 72.8 Å². The Morgan fingerprint density at radius 3 is 2.56 bits per heavy atom. The molecule has 2 aliphatic rings. The highest BCUT2D eigenvalue weighted by Gasteiger charge is 2.18. The molecule has 3 aromatic rings. The Balaban J connectivity index is 1.36. The van der Waals surface area contributed by atoms with Gasteiger partial charge in [0.1, 0.15) is 5.82 Å². The molecule has 0 unspecified atom stereocenters. The Hall–Kier alpha value is -3.23. The highest BCUT2D eigenvalue weighted by atomic mass is 19.1. The number of nitrogens with zero attached hydrogens (tertiary/aromatic N) is 2. The number of morpholine rings is 1. The van der Waals surface area contributed by atoms with Crippen LogP contribution in [0.25, 0.3) is 10.8 Å². The Kier molecular flexibility index (Phi) is 6.60. The first-order valence-electron chi connectivity index (χ1n) is 11.7. The molecule has 0 aliphatic carbocycles. The molecule has 2 fully saturated rings. The van der Waals surface area contributed by atoms with Crippen molar-refractivity contribution in [2.24, 2.45) is 0 Å². The third-order valence-corrected chi connectivity index (χ3v) is 6.47. The van der Waals surface area contributed by atoms with E-state index in [2.05, 4.69) is 10.2 Å². The number of carbonyl (C=O) groups excluding carboxylic acids is 1. The summed E-state index contributed by atoms with van der Waals surface area (Å²) in [6.45, 7) is 4.44. The molecule has 7 nitrogen and oxygen atoms in total. The molecule has 1 aromatic heterocycles. The van der Waals surface area contributed by atoms with Crippen LogP contribution in [0.4, 0.5) is 10.1 Å². The lowest BCUT2D eigenvalue weighted by Gasteiger charge is -2.29. The molecule has 2 aromatic carbocycles. The van der Waals surface area contributed by atoms with Crippen molar-refractivity contribution in [2.45, 2.75) is 25.4 Å². The van der Waals surface area contributed by atoms with Gasteiger partial charge in [0, 0.05) is 55.2 Å². The van der Waals surface area contributed by atoms with Gasteiger partial charge in [0.2, 0.25) is 0 Å². The second kappa shape index (κ2) is 9.95. The van der Waals surface area contributed by atoms with Crippen LogP contribution in [0, 0.1) is 5.82 Å². The quantitative estimate of drug-likeness (QED) is 0.627. The predicted molar refractivity (Wildman–Crippen MR) is 128 cm³/mol. The van der Waals surface area contributed by atoms with Crippen LogP contribution in [-0.2, 0) is 16.0 Å². The Morgan fingerprint density at radius 1 is 1.00 bits per heavy atom. The molecule has 0 spiro atoms. The molecule has 2 saturated heterocycles. The van der Waals surface area contributed by atoms with E-state index in [-0.39, 0.29) is 29.6 Å². The van der Waals surface area contributed by atoms with Crippen LogP contribution < -0.4 is 15.8 Å². The Labute approximate surface area is 197 Å². The zero-order valence-corrected chi connectivity index (χ0v) is 19.0. The molecule has 1 amide bonds. The molecule has 0 atom stereocenters. The average Bonchev–Trinajstić information content (AvgIpc) is 2.86. The van der Waals surface area contributed by atoms with Crippen molar-refractivity contribution in [3.8, 4) is 0 Å². The Bertz CT molecular complexity index is 1250. The second-order valence-electron chi connectivity index (χ2n) is 8.83. The third kappa shape index (κ3) is 4.98. The largest absolute Gasteiger partial charge is 0.381 e. The minimum absolute atomic E-state index is 0.0263. The van der Waals surface area contributed by atoms with E-state index in [1.165, 1.54) is 12.1 Å². The van der Waals surface area contributed by atoms with Gasteiger partial charge in [0.05, 0.1) is 19.8 Å². The van der Waals surface area contributed by atoms with Crippen molar-refractivity contribution >= 4 is 22.4 Å². The van der Waals surface area contributed by atoms with Crippen molar-refractivity contribution in [2.75, 3.05) is 44.4 Å². The average molecular weight is 466 g/mol. The maximum atomic E-state index is 14.3. The molecular formula is C26H28FN3O4. The summed E-state index contributed by atoms with van der Waals surface area (Å²) in [7, 11) is 0. The lowest BCUT2D eigenvalue weighted by atomic mass is 10.1. The summed E-state index contributed by atoms with van der Waals surface area (Å²) in [4.78, 5) is 28.1. The van der Waals surface area contributed by atoms with Crippen molar-refractivity contribution in [3.05, 3.63) is 76.0 Å². The van der Waals surface area contributed by atoms with E-state index in [0.29, 0.717) is 37.4 Å². The summed E-state index contributed by atoms with van der Waals surface area (Å²) in [5.74, 6) is -0.812. The second-order valence-corrected chi connectivity index (χ2v) is 8.83. The van der Waals surface area contributed by atoms with Gasteiger partial charge in [-0.05, 0) is 66.3 Å². The minimum atomic E-state index is -0.501. The van der Waals surface area contributed by atoms with E-state index in [1.54, 1.807) is 16.8 Å². The number of nitrogens with one attached hydrogen (secondary N) is 1. The molecule has 8 heteroatoms. The van der Waals surface area contributed by atoms with Gasteiger partial charge in [-0.3, -0.25) is 9.59 Å². The number of hydrogen-bond acceptors (Lipinski definition) is 5. The fraction of sp³-hybridized carbons (Fsp3) is 0.385. The zero-order valence-electron chi connectivity index (χ0n) is 19.0. The third-order valence-electron chi connectivity index (χ3n) is 6.47. The van der Waals surface area contributed by atoms with Crippen LogP contribution in [0.2, 0.25) is 0 Å². The molecule has 5 rings (SSSR count). The van der Waals surface area contributed by atoms with Crippen LogP contribution in [-0.4, -0.2) is 56.0 Å². The van der Waals surface area contributed by atoms with Gasteiger partial charge in [-0.15, -0.1) is 0 Å². The number of halogens is 1. The number of anilines is 1. The van der Waals surface area contributed by atoms with Crippen molar-refractivity contribution in [3.63, 3.8) is 0 Å². The minimum Gasteiger partial charge on any atom is -0.381 e. The lowest BCUT2D eigenvalue weighted by Crippen LogP contribution is -2.39. The van der Waals surface area contributed by atoms with Crippen LogP contribution in [0.3, 0.4) is 0 Å². The summed E-state index contributed by atoms with van der Waals surface area (Å²) >= 11 is 0. The van der Waals surface area contributed by atoms with Crippen LogP contribution in [0.15, 0.2) is 53.5 Å². The van der Waals surface area contributed by atoms with E-state index in [4.69, 9.17) is 9.47 Å². The smallest absolute Gasteiger partial charge is 0.258 e. The summed E-state index contributed by atoms with van der Waals surface area (Å²) in [6.07, 6.45) is 3.21. The molecule has 1 N–H and O–H groups in total. The first kappa shape index (κ1) is 22.6. The normalized spacial score (nSPS) is 17.1. The number of rotatable bonds is 5. The predicted octanol–water partition coefficient (Wildman–Crippen LogP) is 2.93. The fourth-order valence-electron chi connectivity index (χ4n) is 4.60. The zero-order chi connectivity index (χ0) is 23.5. The summed E-state index contributed by atoms with van der Waals surface area (Å²) < 4.78 is 26.6. The van der Waals surface area contributed by atoms with Gasteiger partial charge in [0.25, 0.3) is 11.5 Å². The molecule has 0 bridgehead atoms. The lowest BCUT2D eigenvalue weighted by molar-refractivity contribution is 0.0696. The fourth-order valence-corrected chi connectivity index (χ4v) is 4.60. The van der Waals surface area contributed by atoms with Crippen LogP contribution in [0.1, 0.15) is 28.8 Å². The SMILES string of the molecule is O=C(NC1CCOCC1)c1cc(F)cc(Cn2ccc3cc(N4CCOCC4)ccc3c2=O)c1. The van der Waals surface area contributed by atoms with E-state index in [9.17, 15) is 14.0 Å². The molecule has 3 heterocycles. The number of ether oxygens (including phenoxy) is 2. The number of carbonyl (C=O) groups is 1. The maximum Gasteiger partial charge on any atom is 0.258 e. The molecule has 2 aliphatic heterocycles. The number of amides is 1. The number of pyridine rings is 1. The molecular weight excluding hydrogens is 437 g/mol. The first-order chi connectivity index (χ1) is 16.6. The van der Waals surface area contributed by atoms with E-state index >= 15 is 0 Å². The van der Waals surface area contributed by atoms with Crippen LogP contribution >= 0.6 is 0 Å². The molecule has 34 heavy (non-hydrogen) atoms. The van der Waals surface area contributed by atoms with Gasteiger partial charge in [-0.1, -0.05) is 0 Å². The summed E-state index contributed by atoms with van der Waals surface area (Å²) in [5.41, 5.74) is 1.73. The van der Waals surface area contributed by atoms with Gasteiger partial charge in [-0.25, -0.2) is 4.39 Å². The van der Waals surface area contributed by atoms with E-state index < -0.39 is 5.82 Å². The van der Waals surface area contributed by atoms with Crippen molar-refractivity contribution < 1.29 is 18.7 Å². The Morgan fingerprint density at radius 2 is 1.76 bits per heavy atom. The summed E-state index contributed by atoms with van der Waals surface area (Å²) in [5, 5.41) is 4.42. The highest BCUT2D eigenvalue weighted by Crippen LogP contribution is 2.21. The number of aromatic nitrogens is 1. The van der Waals surface area contributed by atoms with Gasteiger partial charge >= 0.3 is 0 Å². The van der Waals surface area contributed by atoms with Crippen molar-refractivity contribution in [1.29, 1.82) is 0 Å². The van der Waals surface area contributed by atoms with E-state index in [1.807, 2.05) is 24.3 Å². The summed E-state index contributed by atoms with van der Waals surface area (Å²) in [6, 6.07) is 12.0. The monoisotopic (exact) mass is 465 g/mol. The number of benzene rings is 2. The maximum absolute atomic E-state index is 14.3. The van der Waals surface area contributed by atoms with Gasteiger partial charge in [0.15, 0.2) is 0 Å². The molecule has 0 radical (unpaired) electrons. The van der Waals surface area contributed by atoms with E-state index in [0.717, 1.165) is 37.0 Å². The molecule has 0 saturated carbocycles. The standard InChI is InChI=1S/C26H28FN3O4/c27-21-14-18(13-20(15-21)25(31)28-22-4-9-33-10-5-22)17-30-6-3-19-16-23(1-2-24(19)26(30)32)29-7-11-34-12-8-29/h1-3,6,13-16,22H,4-5,7-12,17H2,(H,28,31).